The highest BCUT2D eigenvalue weighted by Crippen LogP contribution is 2.37. The second kappa shape index (κ2) is 7.71. The second-order valence-corrected chi connectivity index (χ2v) is 6.77. The van der Waals surface area contributed by atoms with Gasteiger partial charge in [-0.1, -0.05) is 77.3 Å². The molecule has 0 saturated carbocycles. The summed E-state index contributed by atoms with van der Waals surface area (Å²) in [6.07, 6.45) is 0.701. The molecule has 1 aromatic heterocycles. The van der Waals surface area contributed by atoms with Crippen molar-refractivity contribution in [1.82, 2.24) is 9.97 Å². The molecule has 1 heterocycles. The summed E-state index contributed by atoms with van der Waals surface area (Å²) < 4.78 is 0. The molecule has 0 bridgehead atoms. The third-order valence-electron chi connectivity index (χ3n) is 3.73. The fourth-order valence-electron chi connectivity index (χ4n) is 2.61. The number of aromatic nitrogens is 2. The van der Waals surface area contributed by atoms with Gasteiger partial charge in [0, 0.05) is 16.5 Å². The van der Waals surface area contributed by atoms with E-state index < -0.39 is 0 Å². The van der Waals surface area contributed by atoms with Gasteiger partial charge in [0.25, 0.3) is 0 Å². The lowest BCUT2D eigenvalue weighted by Crippen LogP contribution is -2.09. The summed E-state index contributed by atoms with van der Waals surface area (Å²) in [6.45, 7) is 0. The van der Waals surface area contributed by atoms with Gasteiger partial charge < -0.3 is 0 Å². The zero-order valence-electron chi connectivity index (χ0n) is 12.4. The fraction of sp³-hybridized carbons (Fsp3) is 0.111. The van der Waals surface area contributed by atoms with E-state index in [4.69, 9.17) is 46.4 Å². The van der Waals surface area contributed by atoms with Crippen LogP contribution in [-0.2, 0) is 6.42 Å². The van der Waals surface area contributed by atoms with Crippen LogP contribution in [0.15, 0.2) is 54.6 Å². The Kier molecular flexibility index (Phi) is 5.62. The summed E-state index contributed by atoms with van der Waals surface area (Å²) in [6, 6.07) is 17.7. The average molecular weight is 398 g/mol. The van der Waals surface area contributed by atoms with Crippen LogP contribution in [0.3, 0.4) is 0 Å². The predicted octanol–water partition coefficient (Wildman–Crippen LogP) is 6.46. The molecule has 0 amide bonds. The molecule has 122 valence electrons. The first-order valence-electron chi connectivity index (χ1n) is 7.22. The van der Waals surface area contributed by atoms with Gasteiger partial charge in [-0.3, -0.25) is 0 Å². The van der Waals surface area contributed by atoms with E-state index in [0.29, 0.717) is 17.0 Å². The van der Waals surface area contributed by atoms with Crippen LogP contribution in [0, 0.1) is 0 Å². The highest BCUT2D eigenvalue weighted by Gasteiger charge is 2.23. The van der Waals surface area contributed by atoms with Crippen molar-refractivity contribution in [3.63, 3.8) is 0 Å². The fourth-order valence-corrected chi connectivity index (χ4v) is 3.64. The largest absolute Gasteiger partial charge is 0.225 e. The molecule has 3 aromatic rings. The quantitative estimate of drug-likeness (QED) is 0.372. The van der Waals surface area contributed by atoms with Crippen LogP contribution in [0.25, 0.3) is 0 Å². The maximum Gasteiger partial charge on any atom is 0.225 e. The summed E-state index contributed by atoms with van der Waals surface area (Å²) in [5.41, 5.74) is 2.84. The van der Waals surface area contributed by atoms with Crippen LogP contribution in [0.4, 0.5) is 0 Å². The van der Waals surface area contributed by atoms with Gasteiger partial charge in [0.2, 0.25) is 5.28 Å². The van der Waals surface area contributed by atoms with Crippen molar-refractivity contribution in [3.8, 4) is 0 Å². The van der Waals surface area contributed by atoms with E-state index in [1.54, 1.807) is 0 Å². The summed E-state index contributed by atoms with van der Waals surface area (Å²) in [5, 5.41) is 1.22. The molecule has 0 N–H and O–H groups in total. The van der Waals surface area contributed by atoms with Crippen molar-refractivity contribution in [2.75, 3.05) is 0 Å². The first-order chi connectivity index (χ1) is 11.5. The third-order valence-corrected chi connectivity index (χ3v) is 4.73. The van der Waals surface area contributed by atoms with Gasteiger partial charge in [-0.25, -0.2) is 9.97 Å². The molecule has 1 unspecified atom stereocenters. The molecule has 0 aliphatic rings. The lowest BCUT2D eigenvalue weighted by atomic mass is 9.87. The minimum atomic E-state index is -0.109. The van der Waals surface area contributed by atoms with Gasteiger partial charge in [0.1, 0.15) is 10.3 Å². The minimum Gasteiger partial charge on any atom is -0.206 e. The molecule has 0 fully saturated rings. The van der Waals surface area contributed by atoms with Crippen molar-refractivity contribution in [2.45, 2.75) is 12.3 Å². The van der Waals surface area contributed by atoms with Crippen LogP contribution in [0.5, 0.6) is 0 Å². The molecule has 6 heteroatoms. The van der Waals surface area contributed by atoms with Crippen LogP contribution >= 0.6 is 46.4 Å². The van der Waals surface area contributed by atoms with Gasteiger partial charge >= 0.3 is 0 Å². The van der Waals surface area contributed by atoms with Gasteiger partial charge in [0.15, 0.2) is 0 Å². The van der Waals surface area contributed by atoms with E-state index in [-0.39, 0.29) is 21.5 Å². The smallest absolute Gasteiger partial charge is 0.206 e. The normalized spacial score (nSPS) is 12.2. The maximum absolute atomic E-state index is 6.33. The Hall–Kier alpha value is -1.32. The Labute approximate surface area is 160 Å². The Morgan fingerprint density at radius 2 is 1.33 bits per heavy atom. The Balaban J connectivity index is 2.10. The molecular weight excluding hydrogens is 386 g/mol. The lowest BCUT2D eigenvalue weighted by Gasteiger charge is -2.20. The highest BCUT2D eigenvalue weighted by atomic mass is 35.5. The van der Waals surface area contributed by atoms with Gasteiger partial charge in [-0.05, 0) is 41.3 Å². The Bertz CT molecular complexity index is 812. The van der Waals surface area contributed by atoms with E-state index in [2.05, 4.69) is 22.1 Å². The minimum absolute atomic E-state index is 0.0308. The Morgan fingerprint density at radius 1 is 0.750 bits per heavy atom. The molecule has 0 radical (unpaired) electrons. The van der Waals surface area contributed by atoms with Crippen LogP contribution in [0.1, 0.15) is 22.6 Å². The van der Waals surface area contributed by atoms with Gasteiger partial charge in [0.05, 0.1) is 0 Å². The number of hydrogen-bond acceptors (Lipinski definition) is 2. The van der Waals surface area contributed by atoms with E-state index in [1.807, 2.05) is 42.5 Å². The van der Waals surface area contributed by atoms with E-state index in [1.165, 1.54) is 0 Å². The van der Waals surface area contributed by atoms with E-state index in [0.717, 1.165) is 11.1 Å². The van der Waals surface area contributed by atoms with Crippen molar-refractivity contribution >= 4 is 46.4 Å². The van der Waals surface area contributed by atoms with E-state index >= 15 is 0 Å². The van der Waals surface area contributed by atoms with Gasteiger partial charge in [-0.15, -0.1) is 0 Å². The van der Waals surface area contributed by atoms with Gasteiger partial charge in [-0.2, -0.15) is 0 Å². The molecular formula is C18H12Cl4N2. The summed E-state index contributed by atoms with van der Waals surface area (Å²) in [7, 11) is 0. The van der Waals surface area contributed by atoms with Crippen molar-refractivity contribution < 1.29 is 0 Å². The first-order valence-corrected chi connectivity index (χ1v) is 8.73. The molecule has 0 spiro atoms. The number of nitrogens with zero attached hydrogens (tertiary/aromatic N) is 2. The highest BCUT2D eigenvalue weighted by molar-refractivity contribution is 6.36. The number of rotatable bonds is 4. The van der Waals surface area contributed by atoms with Crippen molar-refractivity contribution in [2.24, 2.45) is 0 Å². The molecule has 1 atom stereocenters. The number of halogens is 4. The van der Waals surface area contributed by atoms with Crippen LogP contribution < -0.4 is 0 Å². The zero-order chi connectivity index (χ0) is 17.1. The molecule has 0 saturated heterocycles. The van der Waals surface area contributed by atoms with Crippen LogP contribution in [0.2, 0.25) is 20.6 Å². The van der Waals surface area contributed by atoms with Crippen LogP contribution in [-0.4, -0.2) is 9.97 Å². The second-order valence-electron chi connectivity index (χ2n) is 5.28. The van der Waals surface area contributed by atoms with E-state index in [9.17, 15) is 0 Å². The molecule has 0 aliphatic carbocycles. The van der Waals surface area contributed by atoms with Crippen molar-refractivity contribution in [1.29, 1.82) is 0 Å². The number of benzene rings is 2. The molecule has 0 aliphatic heterocycles. The maximum atomic E-state index is 6.33. The molecule has 2 aromatic carbocycles. The molecule has 24 heavy (non-hydrogen) atoms. The SMILES string of the molecule is Clc1ccc(C(Cc2ccccc2)c2c(Cl)nc(Cl)nc2Cl)cc1. The predicted molar refractivity (Wildman–Crippen MR) is 101 cm³/mol. The summed E-state index contributed by atoms with van der Waals surface area (Å²) in [4.78, 5) is 8.10. The summed E-state index contributed by atoms with van der Waals surface area (Å²) in [5.74, 6) is -0.109. The Morgan fingerprint density at radius 3 is 1.92 bits per heavy atom. The lowest BCUT2D eigenvalue weighted by molar-refractivity contribution is 0.792. The number of hydrogen-bond donors (Lipinski definition) is 0. The molecule has 3 rings (SSSR count). The zero-order valence-corrected chi connectivity index (χ0v) is 15.4. The van der Waals surface area contributed by atoms with Crippen molar-refractivity contribution in [3.05, 3.63) is 91.9 Å². The third kappa shape index (κ3) is 4.01. The standard InChI is InChI=1S/C18H12Cl4N2/c19-13-8-6-12(7-9-13)14(10-11-4-2-1-3-5-11)15-16(20)23-18(22)24-17(15)21/h1-9,14H,10H2. The first kappa shape index (κ1) is 17.5. The molecule has 2 nitrogen and oxygen atoms in total. The summed E-state index contributed by atoms with van der Waals surface area (Å²) >= 11 is 24.5. The average Bonchev–Trinajstić information content (AvgIpc) is 2.55. The topological polar surface area (TPSA) is 25.8 Å². The monoisotopic (exact) mass is 396 g/mol.